The van der Waals surface area contributed by atoms with Crippen LogP contribution in [0.4, 0.5) is 15.8 Å². The van der Waals surface area contributed by atoms with E-state index in [0.717, 1.165) is 17.3 Å². The molecule has 3 amide bonds. The lowest BCUT2D eigenvalue weighted by molar-refractivity contribution is -0.149. The molecule has 5 rings (SSSR count). The zero-order chi connectivity index (χ0) is 29.1. The second-order valence-corrected chi connectivity index (χ2v) is 10.6. The van der Waals surface area contributed by atoms with Crippen LogP contribution in [0.5, 0.6) is 0 Å². The molecular weight excluding hydrogens is 549 g/mol. The number of likely N-dealkylation sites (tertiary alicyclic amines) is 1. The predicted molar refractivity (Wildman–Crippen MR) is 153 cm³/mol. The third-order valence-electron chi connectivity index (χ3n) is 7.66. The Kier molecular flexibility index (Phi) is 8.08. The number of fused-ring (bicyclic) bond motifs is 1. The minimum Gasteiger partial charge on any atom is -0.465 e. The number of nitrogens with zero attached hydrogens (tertiary/aromatic N) is 2. The van der Waals surface area contributed by atoms with Gasteiger partial charge in [-0.2, -0.15) is 0 Å². The van der Waals surface area contributed by atoms with Gasteiger partial charge in [0.1, 0.15) is 12.4 Å². The van der Waals surface area contributed by atoms with Gasteiger partial charge in [-0.15, -0.1) is 0 Å². The van der Waals surface area contributed by atoms with E-state index in [1.54, 1.807) is 41.0 Å². The van der Waals surface area contributed by atoms with Crippen molar-refractivity contribution in [1.29, 1.82) is 0 Å². The van der Waals surface area contributed by atoms with E-state index < -0.39 is 23.1 Å². The van der Waals surface area contributed by atoms with Gasteiger partial charge in [-0.25, -0.2) is 4.39 Å². The SMILES string of the molecule is CCOC(=O)CN1CCC2(CCN(C(=O)c3ccc(NC(=O)c4cc(F)ccc4Cl)cc3)c3ccccc3C2)C1=O. The number of para-hydroxylation sites is 1. The summed E-state index contributed by atoms with van der Waals surface area (Å²) in [6, 6.07) is 17.5. The summed E-state index contributed by atoms with van der Waals surface area (Å²) in [7, 11) is 0. The van der Waals surface area contributed by atoms with Gasteiger partial charge in [0.05, 0.1) is 22.6 Å². The number of hydrogen-bond donors (Lipinski definition) is 1. The van der Waals surface area contributed by atoms with Gasteiger partial charge in [-0.05, 0) is 80.3 Å². The third kappa shape index (κ3) is 5.81. The van der Waals surface area contributed by atoms with Crippen molar-refractivity contribution in [3.8, 4) is 0 Å². The number of nitrogens with one attached hydrogen (secondary N) is 1. The molecule has 1 fully saturated rings. The Labute approximate surface area is 242 Å². The number of carbonyl (C=O) groups excluding carboxylic acids is 4. The van der Waals surface area contributed by atoms with Crippen LogP contribution in [0.3, 0.4) is 0 Å². The largest absolute Gasteiger partial charge is 0.465 e. The van der Waals surface area contributed by atoms with Crippen LogP contribution in [0.25, 0.3) is 0 Å². The van der Waals surface area contributed by atoms with Crippen molar-refractivity contribution < 1.29 is 28.3 Å². The molecule has 0 saturated carbocycles. The molecule has 2 heterocycles. The Morgan fingerprint density at radius 3 is 2.51 bits per heavy atom. The molecule has 2 aliphatic rings. The molecule has 1 N–H and O–H groups in total. The first kappa shape index (κ1) is 28.3. The molecule has 0 radical (unpaired) electrons. The Hall–Kier alpha value is -4.24. The van der Waals surface area contributed by atoms with Gasteiger partial charge >= 0.3 is 5.97 Å². The number of anilines is 2. The van der Waals surface area contributed by atoms with Gasteiger partial charge in [-0.3, -0.25) is 19.2 Å². The molecule has 8 nitrogen and oxygen atoms in total. The predicted octanol–water partition coefficient (Wildman–Crippen LogP) is 5.11. The number of carbonyl (C=O) groups is 4. The smallest absolute Gasteiger partial charge is 0.325 e. The van der Waals surface area contributed by atoms with Gasteiger partial charge in [-0.1, -0.05) is 29.8 Å². The Morgan fingerprint density at radius 1 is 1.02 bits per heavy atom. The van der Waals surface area contributed by atoms with Crippen molar-refractivity contribution in [1.82, 2.24) is 4.90 Å². The molecule has 3 aromatic rings. The molecule has 41 heavy (non-hydrogen) atoms. The summed E-state index contributed by atoms with van der Waals surface area (Å²) >= 11 is 6.04. The molecule has 0 aromatic heterocycles. The molecule has 1 atom stereocenters. The van der Waals surface area contributed by atoms with Crippen molar-refractivity contribution >= 4 is 46.7 Å². The summed E-state index contributed by atoms with van der Waals surface area (Å²) in [5, 5.41) is 2.79. The van der Waals surface area contributed by atoms with E-state index in [-0.39, 0.29) is 35.6 Å². The van der Waals surface area contributed by atoms with Crippen LogP contribution >= 0.6 is 11.6 Å². The van der Waals surface area contributed by atoms with Crippen LogP contribution in [-0.4, -0.2) is 54.8 Å². The van der Waals surface area contributed by atoms with E-state index in [0.29, 0.717) is 43.6 Å². The summed E-state index contributed by atoms with van der Waals surface area (Å²) in [4.78, 5) is 55.2. The van der Waals surface area contributed by atoms with Gasteiger partial charge in [0.15, 0.2) is 0 Å². The zero-order valence-corrected chi connectivity index (χ0v) is 23.2. The first-order valence-corrected chi connectivity index (χ1v) is 13.8. The number of esters is 1. The van der Waals surface area contributed by atoms with Crippen molar-refractivity contribution in [3.05, 3.63) is 94.3 Å². The molecule has 0 aliphatic carbocycles. The second-order valence-electron chi connectivity index (χ2n) is 10.2. The minimum atomic E-state index is -0.704. The summed E-state index contributed by atoms with van der Waals surface area (Å²) in [5.74, 6) is -1.91. The van der Waals surface area contributed by atoms with Gasteiger partial charge in [0.25, 0.3) is 11.8 Å². The van der Waals surface area contributed by atoms with E-state index in [1.807, 2.05) is 24.3 Å². The second kappa shape index (κ2) is 11.7. The molecule has 1 unspecified atom stereocenters. The zero-order valence-electron chi connectivity index (χ0n) is 22.5. The molecule has 212 valence electrons. The number of hydrogen-bond acceptors (Lipinski definition) is 5. The summed E-state index contributed by atoms with van der Waals surface area (Å²) < 4.78 is 18.6. The minimum absolute atomic E-state index is 0.00389. The molecule has 1 spiro atoms. The van der Waals surface area contributed by atoms with Crippen LogP contribution in [0.1, 0.15) is 46.0 Å². The fourth-order valence-corrected chi connectivity index (χ4v) is 5.76. The number of amides is 3. The Morgan fingerprint density at radius 2 is 1.76 bits per heavy atom. The number of rotatable bonds is 6. The lowest BCUT2D eigenvalue weighted by Gasteiger charge is -2.26. The van der Waals surface area contributed by atoms with Gasteiger partial charge < -0.3 is 19.9 Å². The van der Waals surface area contributed by atoms with Gasteiger partial charge in [0.2, 0.25) is 5.91 Å². The molecule has 2 aliphatic heterocycles. The lowest BCUT2D eigenvalue weighted by Crippen LogP contribution is -2.40. The third-order valence-corrected chi connectivity index (χ3v) is 7.99. The molecule has 0 bridgehead atoms. The van der Waals surface area contributed by atoms with Crippen molar-refractivity contribution in [2.75, 3.05) is 36.5 Å². The van der Waals surface area contributed by atoms with E-state index >= 15 is 0 Å². The van der Waals surface area contributed by atoms with Crippen LogP contribution in [0.2, 0.25) is 5.02 Å². The summed E-state index contributed by atoms with van der Waals surface area (Å²) in [6.45, 7) is 2.69. The Balaban J connectivity index is 1.33. The number of halogens is 2. The highest BCUT2D eigenvalue weighted by Crippen LogP contribution is 2.43. The maximum atomic E-state index is 13.7. The molecule has 10 heteroatoms. The average Bonchev–Trinajstić information content (AvgIpc) is 3.14. The normalized spacial score (nSPS) is 18.2. The summed E-state index contributed by atoms with van der Waals surface area (Å²) in [6.07, 6.45) is 1.51. The summed E-state index contributed by atoms with van der Waals surface area (Å²) in [5.41, 5.74) is 1.75. The monoisotopic (exact) mass is 577 g/mol. The average molecular weight is 578 g/mol. The van der Waals surface area contributed by atoms with Crippen molar-refractivity contribution in [2.45, 2.75) is 26.2 Å². The van der Waals surface area contributed by atoms with Crippen LogP contribution in [0, 0.1) is 11.2 Å². The van der Waals surface area contributed by atoms with E-state index in [9.17, 15) is 23.6 Å². The first-order valence-electron chi connectivity index (χ1n) is 13.4. The van der Waals surface area contributed by atoms with Crippen LogP contribution in [-0.2, 0) is 20.7 Å². The molecule has 1 saturated heterocycles. The highest BCUT2D eigenvalue weighted by atomic mass is 35.5. The quantitative estimate of drug-likeness (QED) is 0.411. The highest BCUT2D eigenvalue weighted by Gasteiger charge is 2.49. The van der Waals surface area contributed by atoms with Crippen LogP contribution < -0.4 is 10.2 Å². The van der Waals surface area contributed by atoms with Gasteiger partial charge in [0, 0.05) is 30.0 Å². The molecular formula is C31H29ClFN3O5. The fraction of sp³-hybridized carbons (Fsp3) is 0.290. The topological polar surface area (TPSA) is 96.0 Å². The lowest BCUT2D eigenvalue weighted by atomic mass is 9.78. The van der Waals surface area contributed by atoms with Crippen molar-refractivity contribution in [2.24, 2.45) is 5.41 Å². The van der Waals surface area contributed by atoms with E-state index in [4.69, 9.17) is 16.3 Å². The Bertz CT molecular complexity index is 1510. The molecule has 3 aromatic carbocycles. The first-order chi connectivity index (χ1) is 19.7. The van der Waals surface area contributed by atoms with E-state index in [2.05, 4.69) is 5.32 Å². The highest BCUT2D eigenvalue weighted by molar-refractivity contribution is 6.34. The van der Waals surface area contributed by atoms with Crippen LogP contribution in [0.15, 0.2) is 66.7 Å². The maximum Gasteiger partial charge on any atom is 0.325 e. The standard InChI is InChI=1S/C31H29ClFN3O5/c1-2-41-27(37)19-35-15-13-31(30(35)40)14-16-36(26-6-4-3-5-21(26)18-31)29(39)20-7-10-23(11-8-20)34-28(38)24-17-22(33)9-12-25(24)32/h3-12,17H,2,13-16,18-19H2,1H3,(H,34,38). The maximum absolute atomic E-state index is 13.7. The number of benzene rings is 3. The fourth-order valence-electron chi connectivity index (χ4n) is 5.56. The number of ether oxygens (including phenoxy) is 1. The van der Waals surface area contributed by atoms with Crippen molar-refractivity contribution in [3.63, 3.8) is 0 Å². The van der Waals surface area contributed by atoms with E-state index in [1.165, 1.54) is 12.1 Å².